The minimum atomic E-state index is -3.52. The van der Waals surface area contributed by atoms with Crippen LogP contribution in [-0.2, 0) is 0 Å². The summed E-state index contributed by atoms with van der Waals surface area (Å²) in [5, 5.41) is 0.177. The van der Waals surface area contributed by atoms with Gasteiger partial charge in [0.25, 0.3) is 0 Å². The second-order valence-electron chi connectivity index (χ2n) is 1.64. The summed E-state index contributed by atoms with van der Waals surface area (Å²) in [5.41, 5.74) is 0. The van der Waals surface area contributed by atoms with Crippen molar-refractivity contribution in [1.82, 2.24) is 0 Å². The second kappa shape index (κ2) is 3.76. The van der Waals surface area contributed by atoms with Crippen LogP contribution in [0.2, 0.25) is 0 Å². The highest BCUT2D eigenvalue weighted by molar-refractivity contribution is 9.12. The molecule has 0 amide bonds. The van der Waals surface area contributed by atoms with E-state index in [1.165, 1.54) is 0 Å². The van der Waals surface area contributed by atoms with E-state index < -0.39 is 9.41 Å². The number of hydrogen-bond donors (Lipinski definition) is 0. The highest BCUT2D eigenvalue weighted by atomic mass is 79.9. The molecule has 0 fully saturated rings. The zero-order valence-electron chi connectivity index (χ0n) is 4.68. The standard InChI is InChI=1S/C4H4Br3F3/c5-2-1-3(6,8)4(7,9)10/h1-2H2. The average molecular weight is 349 g/mol. The van der Waals surface area contributed by atoms with Gasteiger partial charge in [-0.15, -0.1) is 0 Å². The van der Waals surface area contributed by atoms with Crippen molar-refractivity contribution in [2.24, 2.45) is 0 Å². The highest BCUT2D eigenvalue weighted by Crippen LogP contribution is 2.45. The molecule has 0 nitrogen and oxygen atoms in total. The molecule has 0 radical (unpaired) electrons. The molecule has 0 spiro atoms. The van der Waals surface area contributed by atoms with Crippen molar-refractivity contribution in [1.29, 1.82) is 0 Å². The van der Waals surface area contributed by atoms with Crippen LogP contribution in [0.15, 0.2) is 0 Å². The molecule has 0 heterocycles. The lowest BCUT2D eigenvalue weighted by atomic mass is 10.3. The molecule has 0 aliphatic rings. The largest absolute Gasteiger partial charge is 0.344 e. The summed E-state index contributed by atoms with van der Waals surface area (Å²) >= 11 is 7.05. The Kier molecular flexibility index (Phi) is 4.22. The van der Waals surface area contributed by atoms with Gasteiger partial charge in [-0.05, 0) is 31.9 Å². The Hall–Kier alpha value is 1.23. The van der Waals surface area contributed by atoms with E-state index in [4.69, 9.17) is 0 Å². The summed E-state index contributed by atoms with van der Waals surface area (Å²) < 4.78 is 34.3. The maximum absolute atomic E-state index is 12.7. The van der Waals surface area contributed by atoms with Crippen LogP contribution in [0.5, 0.6) is 0 Å². The van der Waals surface area contributed by atoms with Crippen LogP contribution in [0.4, 0.5) is 13.2 Å². The van der Waals surface area contributed by atoms with Crippen LogP contribution < -0.4 is 0 Å². The fraction of sp³-hybridized carbons (Fsp3) is 1.00. The Labute approximate surface area is 81.9 Å². The van der Waals surface area contributed by atoms with E-state index in [0.29, 0.717) is 0 Å². The van der Waals surface area contributed by atoms with Crippen molar-refractivity contribution < 1.29 is 13.2 Å². The van der Waals surface area contributed by atoms with Crippen LogP contribution in [0.1, 0.15) is 6.42 Å². The molecule has 0 aromatic carbocycles. The molecule has 0 aliphatic heterocycles. The maximum Gasteiger partial charge on any atom is 0.344 e. The van der Waals surface area contributed by atoms with Crippen molar-refractivity contribution in [2.75, 3.05) is 5.33 Å². The quantitative estimate of drug-likeness (QED) is 0.680. The minimum Gasteiger partial charge on any atom is -0.224 e. The predicted molar refractivity (Wildman–Crippen MR) is 45.1 cm³/mol. The molecule has 0 saturated heterocycles. The molecule has 10 heavy (non-hydrogen) atoms. The number of alkyl halides is 6. The summed E-state index contributed by atoms with van der Waals surface area (Å²) in [6, 6.07) is 0. The summed E-state index contributed by atoms with van der Waals surface area (Å²) in [4.78, 5) is -3.52. The van der Waals surface area contributed by atoms with Crippen molar-refractivity contribution in [3.63, 3.8) is 0 Å². The van der Waals surface area contributed by atoms with Crippen molar-refractivity contribution in [2.45, 2.75) is 15.8 Å². The molecule has 6 heteroatoms. The molecule has 62 valence electrons. The molecule has 0 rings (SSSR count). The van der Waals surface area contributed by atoms with Crippen LogP contribution >= 0.6 is 47.8 Å². The number of halogens is 6. The van der Waals surface area contributed by atoms with Gasteiger partial charge in [0.2, 0.25) is 4.58 Å². The van der Waals surface area contributed by atoms with Gasteiger partial charge in [0.05, 0.1) is 0 Å². The molecule has 0 aliphatic carbocycles. The molecule has 0 aromatic rings. The zero-order valence-corrected chi connectivity index (χ0v) is 9.44. The Balaban J connectivity index is 4.10. The first-order valence-electron chi connectivity index (χ1n) is 2.32. The van der Waals surface area contributed by atoms with E-state index >= 15 is 0 Å². The molecule has 0 bridgehead atoms. The highest BCUT2D eigenvalue weighted by Gasteiger charge is 2.50. The van der Waals surface area contributed by atoms with Gasteiger partial charge in [0, 0.05) is 11.8 Å². The van der Waals surface area contributed by atoms with E-state index in [-0.39, 0.29) is 11.8 Å². The first-order chi connectivity index (χ1) is 4.31. The van der Waals surface area contributed by atoms with Gasteiger partial charge in [-0.3, -0.25) is 0 Å². The SMILES string of the molecule is FC(F)(Br)C(F)(Br)CCBr. The molecular formula is C4H4Br3F3. The summed E-state index contributed by atoms with van der Waals surface area (Å²) in [6.45, 7) is 0. The second-order valence-corrected chi connectivity index (χ2v) is 4.69. The lowest BCUT2D eigenvalue weighted by molar-refractivity contribution is 0.00378. The van der Waals surface area contributed by atoms with Crippen molar-refractivity contribution in [3.05, 3.63) is 0 Å². The lowest BCUT2D eigenvalue weighted by Crippen LogP contribution is -2.33. The van der Waals surface area contributed by atoms with E-state index in [1.807, 2.05) is 15.9 Å². The number of rotatable bonds is 3. The summed E-state index contributed by atoms with van der Waals surface area (Å²) in [6.07, 6.45) is -0.300. The van der Waals surface area contributed by atoms with Gasteiger partial charge >= 0.3 is 4.83 Å². The number of hydrogen-bond acceptors (Lipinski definition) is 0. The normalized spacial score (nSPS) is 18.6. The van der Waals surface area contributed by atoms with Gasteiger partial charge in [-0.25, -0.2) is 4.39 Å². The van der Waals surface area contributed by atoms with Crippen LogP contribution in [-0.4, -0.2) is 14.7 Å². The van der Waals surface area contributed by atoms with Gasteiger partial charge in [0.1, 0.15) is 0 Å². The first-order valence-corrected chi connectivity index (χ1v) is 5.02. The summed E-state index contributed by atoms with van der Waals surface area (Å²) in [7, 11) is 0. The third-order valence-electron chi connectivity index (χ3n) is 0.823. The van der Waals surface area contributed by atoms with Gasteiger partial charge in [-0.2, -0.15) is 8.78 Å². The molecule has 0 aromatic heterocycles. The van der Waals surface area contributed by atoms with Gasteiger partial charge < -0.3 is 0 Å². The Morgan fingerprint density at radius 2 is 1.50 bits per heavy atom. The van der Waals surface area contributed by atoms with Gasteiger partial charge in [-0.1, -0.05) is 15.9 Å². The van der Waals surface area contributed by atoms with Crippen molar-refractivity contribution >= 4 is 47.8 Å². The average Bonchev–Trinajstić information content (AvgIpc) is 1.61. The topological polar surface area (TPSA) is 0 Å². The van der Waals surface area contributed by atoms with E-state index in [1.54, 1.807) is 0 Å². The Bertz CT molecular complexity index is 109. The first kappa shape index (κ1) is 11.2. The maximum atomic E-state index is 12.7. The Morgan fingerprint density at radius 1 is 1.10 bits per heavy atom. The van der Waals surface area contributed by atoms with Crippen LogP contribution in [0, 0.1) is 0 Å². The summed E-state index contributed by atoms with van der Waals surface area (Å²) in [5.74, 6) is 0. The Morgan fingerprint density at radius 3 is 1.60 bits per heavy atom. The van der Waals surface area contributed by atoms with E-state index in [0.717, 1.165) is 0 Å². The molecule has 0 N–H and O–H groups in total. The fourth-order valence-electron chi connectivity index (χ4n) is 0.260. The van der Waals surface area contributed by atoms with Crippen LogP contribution in [0.3, 0.4) is 0 Å². The van der Waals surface area contributed by atoms with E-state index in [2.05, 4.69) is 31.9 Å². The zero-order chi connectivity index (χ0) is 8.41. The van der Waals surface area contributed by atoms with Crippen LogP contribution in [0.25, 0.3) is 0 Å². The predicted octanol–water partition coefficient (Wildman–Crippen LogP) is 3.82. The monoisotopic (exact) mass is 346 g/mol. The third-order valence-corrected chi connectivity index (χ3v) is 3.27. The fourth-order valence-corrected chi connectivity index (χ4v) is 1.74. The van der Waals surface area contributed by atoms with E-state index in [9.17, 15) is 13.2 Å². The van der Waals surface area contributed by atoms with Gasteiger partial charge in [0.15, 0.2) is 0 Å². The molecule has 1 atom stereocenters. The molecular weight excluding hydrogens is 345 g/mol. The lowest BCUT2D eigenvalue weighted by Gasteiger charge is -2.22. The van der Waals surface area contributed by atoms with Crippen molar-refractivity contribution in [3.8, 4) is 0 Å². The molecule has 0 saturated carbocycles. The smallest absolute Gasteiger partial charge is 0.224 e. The minimum absolute atomic E-state index is 0.177. The molecule has 1 unspecified atom stereocenters. The third kappa shape index (κ3) is 3.09.